The number of carbonyl (C=O) groups is 1. The molecule has 0 aliphatic rings. The van der Waals surface area contributed by atoms with Gasteiger partial charge in [-0.3, -0.25) is 4.79 Å². The molecule has 0 fully saturated rings. The van der Waals surface area contributed by atoms with Gasteiger partial charge in [-0.2, -0.15) is 0 Å². The molecule has 5 nitrogen and oxygen atoms in total. The van der Waals surface area contributed by atoms with Crippen LogP contribution in [0.15, 0.2) is 18.2 Å². The van der Waals surface area contributed by atoms with E-state index in [-0.39, 0.29) is 18.3 Å². The van der Waals surface area contributed by atoms with E-state index >= 15 is 0 Å². The Morgan fingerprint density at radius 1 is 1.56 bits per heavy atom. The van der Waals surface area contributed by atoms with E-state index in [4.69, 9.17) is 10.5 Å². The minimum atomic E-state index is -0.210. The molecule has 0 aliphatic carbocycles. The van der Waals surface area contributed by atoms with Gasteiger partial charge in [0.15, 0.2) is 0 Å². The molecule has 0 spiro atoms. The monoisotopic (exact) mass is 245 g/mol. The zero-order valence-corrected chi connectivity index (χ0v) is 9.92. The molecular weight excluding hydrogens is 230 g/mol. The van der Waals surface area contributed by atoms with Crippen molar-refractivity contribution >= 4 is 24.1 Å². The highest BCUT2D eigenvalue weighted by atomic mass is 35.5. The van der Waals surface area contributed by atoms with Gasteiger partial charge < -0.3 is 15.8 Å². The summed E-state index contributed by atoms with van der Waals surface area (Å²) < 4.78 is 4.86. The lowest BCUT2D eigenvalue weighted by Gasteiger charge is -2.04. The lowest BCUT2D eigenvalue weighted by molar-refractivity contribution is 0.0944. The highest BCUT2D eigenvalue weighted by molar-refractivity contribution is 5.92. The predicted octanol–water partition coefficient (Wildman–Crippen LogP) is 0.852. The van der Waals surface area contributed by atoms with E-state index in [1.165, 1.54) is 0 Å². The summed E-state index contributed by atoms with van der Waals surface area (Å²) in [6, 6.07) is 4.97. The van der Waals surface area contributed by atoms with Gasteiger partial charge in [-0.1, -0.05) is 6.07 Å². The van der Waals surface area contributed by atoms with Gasteiger partial charge in [0.1, 0.15) is 11.5 Å². The third-order valence-electron chi connectivity index (χ3n) is 1.81. The molecule has 0 saturated carbocycles. The van der Waals surface area contributed by atoms with Crippen LogP contribution in [0.5, 0.6) is 0 Å². The highest BCUT2D eigenvalue weighted by Gasteiger charge is 2.05. The molecule has 0 aromatic carbocycles. The summed E-state index contributed by atoms with van der Waals surface area (Å²) in [5.41, 5.74) is 5.80. The van der Waals surface area contributed by atoms with Crippen molar-refractivity contribution < 1.29 is 9.53 Å². The number of nitrogen functional groups attached to an aromatic ring is 1. The summed E-state index contributed by atoms with van der Waals surface area (Å²) in [7, 11) is 1.63. The third kappa shape index (κ3) is 4.95. The number of methoxy groups -OCH3 is 1. The van der Waals surface area contributed by atoms with E-state index < -0.39 is 0 Å². The van der Waals surface area contributed by atoms with Crippen LogP contribution < -0.4 is 11.1 Å². The lowest BCUT2D eigenvalue weighted by atomic mass is 10.3. The largest absolute Gasteiger partial charge is 0.385 e. The van der Waals surface area contributed by atoms with E-state index in [2.05, 4.69) is 10.3 Å². The number of pyridine rings is 1. The zero-order chi connectivity index (χ0) is 11.1. The summed E-state index contributed by atoms with van der Waals surface area (Å²) in [6.45, 7) is 1.20. The Hall–Kier alpha value is -1.33. The number of halogens is 1. The zero-order valence-electron chi connectivity index (χ0n) is 9.10. The van der Waals surface area contributed by atoms with Crippen molar-refractivity contribution in [2.24, 2.45) is 0 Å². The quantitative estimate of drug-likeness (QED) is 0.754. The van der Waals surface area contributed by atoms with Gasteiger partial charge in [0.25, 0.3) is 5.91 Å². The van der Waals surface area contributed by atoms with E-state index in [1.54, 1.807) is 25.3 Å². The molecule has 3 N–H and O–H groups in total. The standard InChI is InChI=1S/C10H15N3O2.ClH/c1-15-7-3-6-12-10(14)8-4-2-5-9(11)13-8;/h2,4-5H,3,6-7H2,1H3,(H2,11,13)(H,12,14);1H. The molecule has 0 unspecified atom stereocenters. The molecule has 16 heavy (non-hydrogen) atoms. The number of hydrogen-bond donors (Lipinski definition) is 2. The summed E-state index contributed by atoms with van der Waals surface area (Å²) in [6.07, 6.45) is 0.782. The maximum atomic E-state index is 11.5. The molecule has 0 bridgehead atoms. The molecule has 0 aliphatic heterocycles. The Labute approximate surface area is 101 Å². The predicted molar refractivity (Wildman–Crippen MR) is 64.7 cm³/mol. The van der Waals surface area contributed by atoms with Gasteiger partial charge in [0.05, 0.1) is 0 Å². The number of aromatic nitrogens is 1. The smallest absolute Gasteiger partial charge is 0.269 e. The van der Waals surface area contributed by atoms with Gasteiger partial charge in [0, 0.05) is 20.3 Å². The van der Waals surface area contributed by atoms with Crippen molar-refractivity contribution in [1.29, 1.82) is 0 Å². The molecule has 1 amide bonds. The number of nitrogens with two attached hydrogens (primary N) is 1. The van der Waals surface area contributed by atoms with E-state index in [1.807, 2.05) is 0 Å². The van der Waals surface area contributed by atoms with Crippen molar-refractivity contribution in [3.8, 4) is 0 Å². The van der Waals surface area contributed by atoms with Crippen LogP contribution in [0.3, 0.4) is 0 Å². The van der Waals surface area contributed by atoms with Gasteiger partial charge in [-0.05, 0) is 18.6 Å². The van der Waals surface area contributed by atoms with Crippen molar-refractivity contribution in [2.75, 3.05) is 26.0 Å². The second-order valence-corrected chi connectivity index (χ2v) is 3.05. The second-order valence-electron chi connectivity index (χ2n) is 3.05. The Kier molecular flexibility index (Phi) is 7.24. The number of ether oxygens (including phenoxy) is 1. The van der Waals surface area contributed by atoms with Crippen LogP contribution in [0.4, 0.5) is 5.82 Å². The number of anilines is 1. The van der Waals surface area contributed by atoms with Crippen molar-refractivity contribution in [3.05, 3.63) is 23.9 Å². The van der Waals surface area contributed by atoms with Crippen LogP contribution >= 0.6 is 12.4 Å². The van der Waals surface area contributed by atoms with Crippen LogP contribution in [-0.2, 0) is 4.74 Å². The summed E-state index contributed by atoms with van der Waals surface area (Å²) in [4.78, 5) is 15.4. The fourth-order valence-electron chi connectivity index (χ4n) is 1.09. The number of rotatable bonds is 5. The second kappa shape index (κ2) is 7.90. The SMILES string of the molecule is COCCCNC(=O)c1cccc(N)n1.Cl. The Morgan fingerprint density at radius 3 is 2.94 bits per heavy atom. The van der Waals surface area contributed by atoms with Crippen LogP contribution in [0.1, 0.15) is 16.9 Å². The fraction of sp³-hybridized carbons (Fsp3) is 0.400. The maximum absolute atomic E-state index is 11.5. The first-order valence-electron chi connectivity index (χ1n) is 4.73. The molecule has 1 aromatic rings. The van der Waals surface area contributed by atoms with Gasteiger partial charge >= 0.3 is 0 Å². The summed E-state index contributed by atoms with van der Waals surface area (Å²) >= 11 is 0. The van der Waals surface area contributed by atoms with Crippen LogP contribution in [0, 0.1) is 0 Å². The molecule has 0 atom stereocenters. The maximum Gasteiger partial charge on any atom is 0.269 e. The van der Waals surface area contributed by atoms with Crippen LogP contribution in [-0.4, -0.2) is 31.2 Å². The number of nitrogens with one attached hydrogen (secondary N) is 1. The molecule has 1 rings (SSSR count). The van der Waals surface area contributed by atoms with Gasteiger partial charge in [-0.25, -0.2) is 4.98 Å². The first-order valence-corrected chi connectivity index (χ1v) is 4.73. The van der Waals surface area contributed by atoms with Gasteiger partial charge in [0.2, 0.25) is 0 Å². The summed E-state index contributed by atoms with van der Waals surface area (Å²) in [5.74, 6) is 0.137. The van der Waals surface area contributed by atoms with Crippen molar-refractivity contribution in [3.63, 3.8) is 0 Å². The number of nitrogens with zero attached hydrogens (tertiary/aromatic N) is 1. The molecular formula is C10H16ClN3O2. The normalized spacial score (nSPS) is 9.31. The highest BCUT2D eigenvalue weighted by Crippen LogP contribution is 1.99. The van der Waals surface area contributed by atoms with Crippen LogP contribution in [0.25, 0.3) is 0 Å². The fourth-order valence-corrected chi connectivity index (χ4v) is 1.09. The van der Waals surface area contributed by atoms with E-state index in [0.29, 0.717) is 24.7 Å². The molecule has 0 saturated heterocycles. The Morgan fingerprint density at radius 2 is 2.31 bits per heavy atom. The minimum Gasteiger partial charge on any atom is -0.385 e. The average molecular weight is 246 g/mol. The molecule has 1 aromatic heterocycles. The van der Waals surface area contributed by atoms with Crippen LogP contribution in [0.2, 0.25) is 0 Å². The average Bonchev–Trinajstić information content (AvgIpc) is 2.24. The lowest BCUT2D eigenvalue weighted by Crippen LogP contribution is -2.26. The Balaban J connectivity index is 0.00000225. The molecule has 0 radical (unpaired) electrons. The number of carbonyl (C=O) groups excluding carboxylic acids is 1. The minimum absolute atomic E-state index is 0. The molecule has 1 heterocycles. The first-order chi connectivity index (χ1) is 7.24. The van der Waals surface area contributed by atoms with E-state index in [0.717, 1.165) is 6.42 Å². The van der Waals surface area contributed by atoms with Crippen molar-refractivity contribution in [1.82, 2.24) is 10.3 Å². The molecule has 90 valence electrons. The Bertz CT molecular complexity index is 334. The first kappa shape index (κ1) is 14.7. The van der Waals surface area contributed by atoms with Gasteiger partial charge in [-0.15, -0.1) is 12.4 Å². The van der Waals surface area contributed by atoms with E-state index in [9.17, 15) is 4.79 Å². The summed E-state index contributed by atoms with van der Waals surface area (Å²) in [5, 5.41) is 2.72. The number of amides is 1. The number of hydrogen-bond acceptors (Lipinski definition) is 4. The topological polar surface area (TPSA) is 77.2 Å². The molecule has 6 heteroatoms. The third-order valence-corrected chi connectivity index (χ3v) is 1.81. The van der Waals surface area contributed by atoms with Crippen molar-refractivity contribution in [2.45, 2.75) is 6.42 Å².